The maximum absolute atomic E-state index is 10.7. The van der Waals surface area contributed by atoms with Crippen molar-refractivity contribution in [2.45, 2.75) is 13.8 Å². The van der Waals surface area contributed by atoms with Crippen LogP contribution < -0.4 is 4.57 Å². The Balaban J connectivity index is 0.000000270. The number of halogens is 6. The van der Waals surface area contributed by atoms with Gasteiger partial charge >= 0.3 is 33.0 Å². The quantitative estimate of drug-likeness (QED) is 0.345. The molecule has 0 atom stereocenters. The summed E-state index contributed by atoms with van der Waals surface area (Å²) in [6, 6.07) is 12.5. The van der Waals surface area contributed by atoms with Crippen molar-refractivity contribution in [1.29, 1.82) is 0 Å². The molecule has 1 aromatic heterocycles. The molecule has 0 unspecified atom stereocenters. The predicted octanol–water partition coefficient (Wildman–Crippen LogP) is 5.96. The van der Waals surface area contributed by atoms with Gasteiger partial charge in [-0.15, -0.1) is 0 Å². The van der Waals surface area contributed by atoms with Crippen LogP contribution in [0.1, 0.15) is 11.1 Å². The van der Waals surface area contributed by atoms with Crippen molar-refractivity contribution in [3.8, 4) is 5.69 Å². The van der Waals surface area contributed by atoms with E-state index in [2.05, 4.69) is 49.0 Å². The molecule has 0 aliphatic rings. The Kier molecular flexibility index (Phi) is 4.14. The summed E-state index contributed by atoms with van der Waals surface area (Å²) >= 11 is 0. The average Bonchev–Trinajstić information content (AvgIpc) is 2.30. The van der Waals surface area contributed by atoms with E-state index >= 15 is 0 Å². The molecule has 118 valence electrons. The van der Waals surface area contributed by atoms with E-state index in [0.29, 0.717) is 0 Å². The molecule has 2 rings (SSSR count). The maximum atomic E-state index is 9.87. The first-order valence-electron chi connectivity index (χ1n) is 5.83. The minimum absolute atomic E-state index is 1.26. The number of rotatable bonds is 1. The zero-order valence-electron chi connectivity index (χ0n) is 11.3. The Morgan fingerprint density at radius 3 is 1.71 bits per heavy atom. The number of aromatic nitrogens is 1. The van der Waals surface area contributed by atoms with Gasteiger partial charge in [-0.2, -0.15) is 4.57 Å². The summed E-state index contributed by atoms with van der Waals surface area (Å²) in [5.41, 5.74) is 3.92. The van der Waals surface area contributed by atoms with E-state index in [-0.39, 0.29) is 0 Å². The van der Waals surface area contributed by atoms with E-state index in [9.17, 15) is 25.2 Å². The Bertz CT molecular complexity index is 610. The third-order valence-corrected chi connectivity index (χ3v) is 2.57. The third kappa shape index (κ3) is 8.30. The van der Waals surface area contributed by atoms with Crippen molar-refractivity contribution in [2.24, 2.45) is 0 Å². The fourth-order valence-corrected chi connectivity index (χ4v) is 1.57. The van der Waals surface area contributed by atoms with Crippen LogP contribution in [0.4, 0.5) is 25.2 Å². The molecule has 0 radical (unpaired) electrons. The second-order valence-electron chi connectivity index (χ2n) is 4.46. The van der Waals surface area contributed by atoms with Gasteiger partial charge in [0.25, 0.3) is 0 Å². The van der Waals surface area contributed by atoms with Crippen LogP contribution in [0, 0.1) is 13.8 Å². The van der Waals surface area contributed by atoms with Crippen LogP contribution in [0.3, 0.4) is 0 Å². The van der Waals surface area contributed by atoms with Crippen molar-refractivity contribution in [2.75, 3.05) is 0 Å². The summed E-state index contributed by atoms with van der Waals surface area (Å²) in [4.78, 5) is 0. The second kappa shape index (κ2) is 4.98. The molecule has 2 aromatic rings. The molecule has 21 heavy (non-hydrogen) atoms. The molecule has 0 saturated heterocycles. The number of hydrogen-bond acceptors (Lipinski definition) is 0. The summed E-state index contributed by atoms with van der Waals surface area (Å²) in [5, 5.41) is 0. The summed E-state index contributed by atoms with van der Waals surface area (Å²) < 4.78 is 61.3. The van der Waals surface area contributed by atoms with Crippen LogP contribution in [-0.4, -0.2) is 0 Å². The Labute approximate surface area is 118 Å². The molecule has 1 heterocycles. The van der Waals surface area contributed by atoms with E-state index in [4.69, 9.17) is 0 Å². The number of benzene rings is 1. The van der Waals surface area contributed by atoms with E-state index in [1.54, 1.807) is 0 Å². The SMILES string of the molecule is Cc1cccc(-[n+]2ccccc2)c1C.F[P-](F)(F)(F)(F)F. The molecule has 0 aliphatic carbocycles. The van der Waals surface area contributed by atoms with Crippen molar-refractivity contribution in [3.05, 3.63) is 59.9 Å². The first kappa shape index (κ1) is 17.4. The molecule has 0 saturated carbocycles. The molecular formula is C13H14F6NP. The number of hydrogen-bond donors (Lipinski definition) is 0. The molecule has 0 aliphatic heterocycles. The monoisotopic (exact) mass is 329 g/mol. The molecular weight excluding hydrogens is 315 g/mol. The van der Waals surface area contributed by atoms with Crippen LogP contribution in [0.25, 0.3) is 5.69 Å². The van der Waals surface area contributed by atoms with E-state index in [1.807, 2.05) is 18.2 Å². The Morgan fingerprint density at radius 1 is 0.762 bits per heavy atom. The normalized spacial score (nSPS) is 14.5. The molecule has 1 nitrogen and oxygen atoms in total. The summed E-state index contributed by atoms with van der Waals surface area (Å²) in [5.74, 6) is 0. The van der Waals surface area contributed by atoms with Gasteiger partial charge in [-0.1, -0.05) is 18.2 Å². The molecule has 0 amide bonds. The average molecular weight is 329 g/mol. The molecule has 8 heteroatoms. The first-order chi connectivity index (χ1) is 9.24. The van der Waals surface area contributed by atoms with Gasteiger partial charge in [0.2, 0.25) is 5.69 Å². The number of aryl methyl sites for hydroxylation is 1. The zero-order valence-corrected chi connectivity index (χ0v) is 12.2. The topological polar surface area (TPSA) is 3.88 Å². The fourth-order valence-electron chi connectivity index (χ4n) is 1.57. The van der Waals surface area contributed by atoms with Crippen molar-refractivity contribution in [3.63, 3.8) is 0 Å². The van der Waals surface area contributed by atoms with E-state index in [1.165, 1.54) is 16.8 Å². The van der Waals surface area contributed by atoms with Crippen molar-refractivity contribution in [1.82, 2.24) is 0 Å². The Hall–Kier alpha value is -1.62. The van der Waals surface area contributed by atoms with Gasteiger partial charge < -0.3 is 0 Å². The van der Waals surface area contributed by atoms with Crippen LogP contribution in [0.2, 0.25) is 0 Å². The second-order valence-corrected chi connectivity index (χ2v) is 6.38. The van der Waals surface area contributed by atoms with Crippen LogP contribution in [0.5, 0.6) is 0 Å². The van der Waals surface area contributed by atoms with E-state index < -0.39 is 7.81 Å². The van der Waals surface area contributed by atoms with Gasteiger partial charge in [-0.25, -0.2) is 0 Å². The summed E-state index contributed by atoms with van der Waals surface area (Å²) in [6.07, 6.45) is 4.14. The van der Waals surface area contributed by atoms with Gasteiger partial charge in [-0.05, 0) is 19.4 Å². The molecule has 0 N–H and O–H groups in total. The van der Waals surface area contributed by atoms with Crippen molar-refractivity contribution >= 4 is 7.81 Å². The number of nitrogens with zero attached hydrogens (tertiary/aromatic N) is 1. The van der Waals surface area contributed by atoms with Crippen LogP contribution >= 0.6 is 7.81 Å². The van der Waals surface area contributed by atoms with Gasteiger partial charge in [-0.3, -0.25) is 0 Å². The van der Waals surface area contributed by atoms with Crippen LogP contribution in [0.15, 0.2) is 48.8 Å². The van der Waals surface area contributed by atoms with E-state index in [0.717, 1.165) is 0 Å². The predicted molar refractivity (Wildman–Crippen MR) is 71.0 cm³/mol. The minimum atomic E-state index is -10.7. The van der Waals surface area contributed by atoms with Gasteiger partial charge in [0.15, 0.2) is 12.4 Å². The van der Waals surface area contributed by atoms with Gasteiger partial charge in [0.05, 0.1) is 0 Å². The fraction of sp³-hybridized carbons (Fsp3) is 0.154. The summed E-state index contributed by atoms with van der Waals surface area (Å²) in [6.45, 7) is 4.30. The van der Waals surface area contributed by atoms with Gasteiger partial charge in [0, 0.05) is 23.8 Å². The number of pyridine rings is 1. The summed E-state index contributed by atoms with van der Waals surface area (Å²) in [7, 11) is -10.7. The Morgan fingerprint density at radius 2 is 1.24 bits per heavy atom. The van der Waals surface area contributed by atoms with Gasteiger partial charge in [0.1, 0.15) is 0 Å². The van der Waals surface area contributed by atoms with Crippen molar-refractivity contribution < 1.29 is 29.7 Å². The molecule has 0 bridgehead atoms. The van der Waals surface area contributed by atoms with Crippen LogP contribution in [-0.2, 0) is 0 Å². The molecule has 1 aromatic carbocycles. The zero-order chi connectivity index (χ0) is 16.4. The first-order valence-corrected chi connectivity index (χ1v) is 7.86. The molecule has 0 fully saturated rings. The standard InChI is InChI=1S/C13H14N.F6P/c1-11-7-6-8-13(12(11)2)14-9-4-3-5-10-14;1-7(2,3,4,5)6/h3-10H,1-2H3;/q+1;-1. The third-order valence-electron chi connectivity index (χ3n) is 2.57. The molecule has 0 spiro atoms.